The molecule has 0 aliphatic rings. The predicted molar refractivity (Wildman–Crippen MR) is 78.1 cm³/mol. The lowest BCUT2D eigenvalue weighted by atomic mass is 9.84. The van der Waals surface area contributed by atoms with Gasteiger partial charge in [-0.3, -0.25) is 0 Å². The summed E-state index contributed by atoms with van der Waals surface area (Å²) in [5.41, 5.74) is 8.63. The van der Waals surface area contributed by atoms with Gasteiger partial charge in [-0.2, -0.15) is 0 Å². The van der Waals surface area contributed by atoms with E-state index in [1.165, 1.54) is 5.56 Å². The lowest BCUT2D eigenvalue weighted by molar-refractivity contribution is 0.0615. The van der Waals surface area contributed by atoms with E-state index in [4.69, 9.17) is 10.5 Å². The largest absolute Gasteiger partial charge is 0.488 e. The zero-order chi connectivity index (χ0) is 13.9. The van der Waals surface area contributed by atoms with Crippen LogP contribution in [0.5, 0.6) is 5.75 Å². The Morgan fingerprint density at radius 1 is 1.22 bits per heavy atom. The van der Waals surface area contributed by atoms with Gasteiger partial charge in [0.2, 0.25) is 0 Å². The molecular formula is C16H27NO. The van der Waals surface area contributed by atoms with Crippen LogP contribution in [0.4, 0.5) is 0 Å². The normalized spacial score (nSPS) is 15.3. The molecule has 0 spiro atoms. The van der Waals surface area contributed by atoms with Crippen molar-refractivity contribution >= 4 is 0 Å². The minimum atomic E-state index is 0.0306. The highest BCUT2D eigenvalue weighted by Gasteiger charge is 2.31. The number of hydrogen-bond acceptors (Lipinski definition) is 2. The number of aryl methyl sites for hydroxylation is 2. The fraction of sp³-hybridized carbons (Fsp3) is 0.625. The van der Waals surface area contributed by atoms with Crippen LogP contribution in [0.25, 0.3) is 0 Å². The fourth-order valence-electron chi connectivity index (χ4n) is 2.09. The second-order valence-electron chi connectivity index (χ2n) is 6.25. The minimum absolute atomic E-state index is 0.0306. The maximum Gasteiger partial charge on any atom is 0.123 e. The fourth-order valence-corrected chi connectivity index (χ4v) is 2.09. The van der Waals surface area contributed by atoms with Crippen molar-refractivity contribution in [1.82, 2.24) is 0 Å². The van der Waals surface area contributed by atoms with E-state index >= 15 is 0 Å². The molecule has 0 aromatic heterocycles. The lowest BCUT2D eigenvalue weighted by Crippen LogP contribution is -2.47. The van der Waals surface area contributed by atoms with Crippen molar-refractivity contribution < 1.29 is 4.74 Å². The van der Waals surface area contributed by atoms with Gasteiger partial charge in [-0.25, -0.2) is 0 Å². The van der Waals surface area contributed by atoms with Gasteiger partial charge in [-0.15, -0.1) is 0 Å². The van der Waals surface area contributed by atoms with E-state index in [1.54, 1.807) is 0 Å². The average Bonchev–Trinajstić information content (AvgIpc) is 2.27. The second kappa shape index (κ2) is 5.75. The molecule has 1 rings (SSSR count). The quantitative estimate of drug-likeness (QED) is 0.880. The van der Waals surface area contributed by atoms with Crippen molar-refractivity contribution in [2.75, 3.05) is 0 Å². The number of nitrogens with two attached hydrogens (primary N) is 1. The highest BCUT2D eigenvalue weighted by atomic mass is 16.5. The molecule has 0 bridgehead atoms. The minimum Gasteiger partial charge on any atom is -0.488 e. The van der Waals surface area contributed by atoms with Gasteiger partial charge >= 0.3 is 0 Å². The van der Waals surface area contributed by atoms with Crippen molar-refractivity contribution in [3.8, 4) is 5.75 Å². The summed E-state index contributed by atoms with van der Waals surface area (Å²) < 4.78 is 6.22. The third-order valence-corrected chi connectivity index (χ3v) is 3.31. The molecule has 2 atom stereocenters. The molecule has 18 heavy (non-hydrogen) atoms. The van der Waals surface area contributed by atoms with E-state index in [2.05, 4.69) is 59.7 Å². The zero-order valence-corrected chi connectivity index (χ0v) is 12.6. The van der Waals surface area contributed by atoms with Crippen LogP contribution in [0.1, 0.15) is 45.2 Å². The van der Waals surface area contributed by atoms with E-state index in [0.29, 0.717) is 0 Å². The molecule has 1 aromatic carbocycles. The molecule has 0 heterocycles. The first-order valence-corrected chi connectivity index (χ1v) is 6.75. The highest BCUT2D eigenvalue weighted by molar-refractivity contribution is 5.36. The summed E-state index contributed by atoms with van der Waals surface area (Å²) in [6.07, 6.45) is 0.954. The lowest BCUT2D eigenvalue weighted by Gasteiger charge is -2.35. The van der Waals surface area contributed by atoms with E-state index < -0.39 is 0 Å². The number of rotatable bonds is 4. The summed E-state index contributed by atoms with van der Waals surface area (Å²) in [5, 5.41) is 0. The topological polar surface area (TPSA) is 35.2 Å². The van der Waals surface area contributed by atoms with E-state index in [-0.39, 0.29) is 17.6 Å². The van der Waals surface area contributed by atoms with Crippen LogP contribution < -0.4 is 10.5 Å². The van der Waals surface area contributed by atoms with E-state index in [0.717, 1.165) is 17.7 Å². The highest BCUT2D eigenvalue weighted by Crippen LogP contribution is 2.29. The maximum atomic E-state index is 6.22. The summed E-state index contributed by atoms with van der Waals surface area (Å²) in [4.78, 5) is 0. The third kappa shape index (κ3) is 3.74. The van der Waals surface area contributed by atoms with E-state index in [9.17, 15) is 0 Å². The second-order valence-corrected chi connectivity index (χ2v) is 6.25. The number of hydrogen-bond donors (Lipinski definition) is 1. The zero-order valence-electron chi connectivity index (χ0n) is 12.6. The Labute approximate surface area is 112 Å². The molecule has 2 nitrogen and oxygen atoms in total. The van der Waals surface area contributed by atoms with Gasteiger partial charge in [-0.05, 0) is 37.5 Å². The molecule has 0 amide bonds. The van der Waals surface area contributed by atoms with Gasteiger partial charge < -0.3 is 10.5 Å². The monoisotopic (exact) mass is 249 g/mol. The molecule has 102 valence electrons. The Hall–Kier alpha value is -1.02. The van der Waals surface area contributed by atoms with Gasteiger partial charge in [0.15, 0.2) is 0 Å². The molecular weight excluding hydrogens is 222 g/mol. The molecule has 0 aliphatic carbocycles. The molecule has 1 aromatic rings. The average molecular weight is 249 g/mol. The van der Waals surface area contributed by atoms with E-state index in [1.807, 2.05) is 0 Å². The summed E-state index contributed by atoms with van der Waals surface area (Å²) >= 11 is 0. The smallest absolute Gasteiger partial charge is 0.123 e. The Morgan fingerprint density at radius 2 is 1.83 bits per heavy atom. The van der Waals surface area contributed by atoms with Gasteiger partial charge in [0.25, 0.3) is 0 Å². The van der Waals surface area contributed by atoms with Crippen LogP contribution in [0, 0.1) is 19.3 Å². The van der Waals surface area contributed by atoms with Crippen LogP contribution in [-0.4, -0.2) is 12.1 Å². The molecule has 2 unspecified atom stereocenters. The van der Waals surface area contributed by atoms with Crippen molar-refractivity contribution in [2.45, 2.75) is 60.1 Å². The molecule has 0 saturated carbocycles. The SMILES string of the molecule is CCC(N)C(Oc1cc(C)ccc1C)C(C)(C)C. The standard InChI is InChI=1S/C16H27NO/c1-7-13(17)15(16(4,5)6)18-14-10-11(2)8-9-12(14)3/h8-10,13,15H,7,17H2,1-6H3. The Kier molecular flexibility index (Phi) is 4.80. The van der Waals surface area contributed by atoms with Crippen LogP contribution >= 0.6 is 0 Å². The number of ether oxygens (including phenoxy) is 1. The van der Waals surface area contributed by atoms with Crippen molar-refractivity contribution in [3.63, 3.8) is 0 Å². The van der Waals surface area contributed by atoms with Crippen molar-refractivity contribution in [2.24, 2.45) is 11.1 Å². The molecule has 2 N–H and O–H groups in total. The summed E-state index contributed by atoms with van der Waals surface area (Å²) in [5.74, 6) is 0.957. The van der Waals surface area contributed by atoms with Gasteiger partial charge in [0.05, 0.1) is 0 Å². The molecule has 0 aliphatic heterocycles. The molecule has 0 saturated heterocycles. The predicted octanol–water partition coefficient (Wildman–Crippen LogP) is 3.83. The van der Waals surface area contributed by atoms with Crippen molar-refractivity contribution in [1.29, 1.82) is 0 Å². The molecule has 0 fully saturated rings. The Bertz CT molecular complexity index is 393. The first-order valence-electron chi connectivity index (χ1n) is 6.75. The summed E-state index contributed by atoms with van der Waals surface area (Å²) in [6, 6.07) is 6.36. The summed E-state index contributed by atoms with van der Waals surface area (Å²) in [6.45, 7) is 12.8. The van der Waals surface area contributed by atoms with Crippen LogP contribution in [-0.2, 0) is 0 Å². The van der Waals surface area contributed by atoms with Gasteiger partial charge in [-0.1, -0.05) is 39.8 Å². The van der Waals surface area contributed by atoms with Crippen LogP contribution in [0.2, 0.25) is 0 Å². The van der Waals surface area contributed by atoms with Gasteiger partial charge in [0, 0.05) is 11.5 Å². The molecule has 2 heteroatoms. The first-order chi connectivity index (χ1) is 8.25. The van der Waals surface area contributed by atoms with Crippen LogP contribution in [0.15, 0.2) is 18.2 Å². The Morgan fingerprint density at radius 3 is 2.33 bits per heavy atom. The molecule has 0 radical (unpaired) electrons. The van der Waals surface area contributed by atoms with Crippen molar-refractivity contribution in [3.05, 3.63) is 29.3 Å². The summed E-state index contributed by atoms with van der Waals surface area (Å²) in [7, 11) is 0. The third-order valence-electron chi connectivity index (χ3n) is 3.31. The first kappa shape index (κ1) is 15.0. The van der Waals surface area contributed by atoms with Gasteiger partial charge in [0.1, 0.15) is 11.9 Å². The number of benzene rings is 1. The Balaban J connectivity index is 3.00. The maximum absolute atomic E-state index is 6.22. The van der Waals surface area contributed by atoms with Crippen LogP contribution in [0.3, 0.4) is 0 Å².